The van der Waals surface area contributed by atoms with Crippen molar-refractivity contribution in [2.45, 2.75) is 67.6 Å². The van der Waals surface area contributed by atoms with Crippen LogP contribution in [0.2, 0.25) is 0 Å². The molecule has 0 radical (unpaired) electrons. The van der Waals surface area contributed by atoms with Crippen molar-refractivity contribution in [2.75, 3.05) is 14.2 Å². The van der Waals surface area contributed by atoms with Crippen molar-refractivity contribution >= 4 is 88.2 Å². The van der Waals surface area contributed by atoms with Crippen molar-refractivity contribution in [2.24, 2.45) is 5.41 Å². The van der Waals surface area contributed by atoms with Gasteiger partial charge in [0, 0.05) is 34.5 Å². The minimum Gasteiger partial charge on any atom is -0.469 e. The van der Waals surface area contributed by atoms with Crippen LogP contribution in [0.15, 0.2) is 91.0 Å². The molecule has 4 unspecified atom stereocenters. The molecule has 1 saturated carbocycles. The first kappa shape index (κ1) is 31.6. The average molecular weight is 775 g/mol. The van der Waals surface area contributed by atoms with Gasteiger partial charge in [-0.1, -0.05) is 91.0 Å². The molecule has 0 amide bonds. The highest BCUT2D eigenvalue weighted by atomic mass is 16.5. The fourth-order valence-electron chi connectivity index (χ4n) is 16.3. The second-order valence-electron chi connectivity index (χ2n) is 19.3. The van der Waals surface area contributed by atoms with Gasteiger partial charge in [-0.2, -0.15) is 0 Å². The van der Waals surface area contributed by atoms with Gasteiger partial charge in [0.05, 0.1) is 14.2 Å². The number of carbonyl (C=O) groups is 2. The molecule has 286 valence electrons. The lowest BCUT2D eigenvalue weighted by atomic mass is 9.55. The van der Waals surface area contributed by atoms with E-state index in [-0.39, 0.29) is 33.6 Å². The number of hydrogen-bond acceptors (Lipinski definition) is 4. The van der Waals surface area contributed by atoms with E-state index in [4.69, 9.17) is 9.47 Å². The number of rotatable bonds is 10. The molecule has 7 aliphatic carbocycles. The van der Waals surface area contributed by atoms with Gasteiger partial charge in [-0.05, 0) is 176 Å². The molecule has 1 fully saturated rings. The second kappa shape index (κ2) is 9.53. The maximum Gasteiger partial charge on any atom is 0.305 e. The molecule has 0 saturated heterocycles. The molecule has 0 bridgehead atoms. The first-order valence-corrected chi connectivity index (χ1v) is 22.0. The first-order valence-electron chi connectivity index (χ1n) is 22.0. The Kier molecular flexibility index (Phi) is 5.02. The largest absolute Gasteiger partial charge is 0.469 e. The Balaban J connectivity index is 1.11. The topological polar surface area (TPSA) is 52.6 Å². The fourth-order valence-corrected chi connectivity index (χ4v) is 16.3. The zero-order valence-corrected chi connectivity index (χ0v) is 33.5. The number of fused-ring (bicyclic) bond motifs is 1. The van der Waals surface area contributed by atoms with E-state index in [1.165, 1.54) is 134 Å². The number of carbonyl (C=O) groups excluding carboxylic acids is 2. The van der Waals surface area contributed by atoms with Crippen LogP contribution in [-0.4, -0.2) is 26.2 Å². The van der Waals surface area contributed by atoms with Crippen LogP contribution in [0.3, 0.4) is 0 Å². The van der Waals surface area contributed by atoms with Gasteiger partial charge in [0.1, 0.15) is 0 Å². The van der Waals surface area contributed by atoms with Gasteiger partial charge in [0.2, 0.25) is 0 Å². The smallest absolute Gasteiger partial charge is 0.305 e. The molecular formula is C56H38O4. The Morgan fingerprint density at radius 2 is 1.27 bits per heavy atom. The third kappa shape index (κ3) is 2.76. The summed E-state index contributed by atoms with van der Waals surface area (Å²) in [6, 6.07) is 30.3. The standard InChI is InChI=1S/C56H38O4/c1-59-36(57)15-9-18-54(32-11-5-3-6-12-32)35-25-30-23-29-22-28-21-27-17-20-53-26-31-24-34-42-41(31)52-49-47-44(40(30)45(46(42)47)43(35)51(34)54)38(29)39(28)48(49)50(27)56(52,53)55(53,19-10-16-37(58)60-2)33-13-7-4-8-14-33/h3-8,11-14,17,20-21,23,25-26H,9-10,15-16,18-19,22,24H2,1-2H3. The predicted octanol–water partition coefficient (Wildman–Crippen LogP) is 11.7. The third-order valence-corrected chi connectivity index (χ3v) is 17.7. The second-order valence-corrected chi connectivity index (χ2v) is 19.3. The molecule has 4 nitrogen and oxygen atoms in total. The molecule has 16 rings (SSSR count). The summed E-state index contributed by atoms with van der Waals surface area (Å²) in [7, 11) is 3.02. The zero-order valence-electron chi connectivity index (χ0n) is 33.5. The van der Waals surface area contributed by atoms with E-state index in [9.17, 15) is 9.59 Å². The number of benzene rings is 8. The number of ether oxygens (including phenoxy) is 2. The molecule has 4 heteroatoms. The summed E-state index contributed by atoms with van der Waals surface area (Å²) in [6.07, 6.45) is 13.8. The third-order valence-electron chi connectivity index (χ3n) is 17.7. The average Bonchev–Trinajstić information content (AvgIpc) is 3.78. The molecule has 0 aliphatic heterocycles. The molecule has 0 aromatic heterocycles. The maximum absolute atomic E-state index is 12.9. The van der Waals surface area contributed by atoms with Gasteiger partial charge in [-0.15, -0.1) is 0 Å². The SMILES string of the molecule is COC(=O)CCCC1(c2ccccc2)c2cc3cc4c5c6c(cc7c8c6c6c9c%10c%11c(c1c2c1c3c5c6c%111)CC%10=CC1(C=C7)C(CCCC(=O)OC)(c2ccccc2)C891)C4. The summed E-state index contributed by atoms with van der Waals surface area (Å²) in [6.45, 7) is 0. The van der Waals surface area contributed by atoms with Crippen LogP contribution in [0.25, 0.3) is 76.3 Å². The number of hydrogen-bond donors (Lipinski definition) is 0. The van der Waals surface area contributed by atoms with Crippen LogP contribution in [0.5, 0.6) is 0 Å². The van der Waals surface area contributed by atoms with E-state index in [2.05, 4.69) is 97.1 Å². The van der Waals surface area contributed by atoms with Crippen molar-refractivity contribution in [1.29, 1.82) is 0 Å². The van der Waals surface area contributed by atoms with Crippen LogP contribution >= 0.6 is 0 Å². The molecule has 9 aromatic carbocycles. The minimum atomic E-state index is -0.329. The Hall–Kier alpha value is -6.26. The summed E-state index contributed by atoms with van der Waals surface area (Å²) in [5.41, 5.74) is 16.5. The quantitative estimate of drug-likeness (QED) is 0.103. The highest BCUT2D eigenvalue weighted by Crippen LogP contribution is 2.91. The Morgan fingerprint density at radius 1 is 0.617 bits per heavy atom. The van der Waals surface area contributed by atoms with Gasteiger partial charge in [0.25, 0.3) is 0 Å². The fraction of sp³-hybridized carbons (Fsp3) is 0.250. The van der Waals surface area contributed by atoms with Gasteiger partial charge >= 0.3 is 11.9 Å². The number of esters is 2. The van der Waals surface area contributed by atoms with Gasteiger partial charge in [0.15, 0.2) is 0 Å². The Labute approximate surface area is 345 Å². The molecule has 0 N–H and O–H groups in total. The van der Waals surface area contributed by atoms with Gasteiger partial charge in [-0.25, -0.2) is 0 Å². The lowest BCUT2D eigenvalue weighted by Gasteiger charge is -2.47. The van der Waals surface area contributed by atoms with Crippen molar-refractivity contribution in [3.8, 4) is 0 Å². The molecule has 0 heterocycles. The predicted molar refractivity (Wildman–Crippen MR) is 238 cm³/mol. The van der Waals surface area contributed by atoms with Crippen molar-refractivity contribution in [3.63, 3.8) is 0 Å². The highest BCUT2D eigenvalue weighted by molar-refractivity contribution is 6.53. The van der Waals surface area contributed by atoms with Gasteiger partial charge < -0.3 is 9.47 Å². The van der Waals surface area contributed by atoms with E-state index >= 15 is 0 Å². The molecule has 9 aromatic rings. The van der Waals surface area contributed by atoms with E-state index in [1.807, 2.05) is 0 Å². The molecule has 60 heavy (non-hydrogen) atoms. The van der Waals surface area contributed by atoms with E-state index < -0.39 is 0 Å². The van der Waals surface area contributed by atoms with Crippen LogP contribution in [0, 0.1) is 5.41 Å². The van der Waals surface area contributed by atoms with Crippen LogP contribution in [-0.2, 0) is 48.1 Å². The van der Waals surface area contributed by atoms with E-state index in [0.717, 1.165) is 38.5 Å². The minimum absolute atomic E-state index is 0.132. The van der Waals surface area contributed by atoms with Crippen molar-refractivity contribution in [1.82, 2.24) is 0 Å². The van der Waals surface area contributed by atoms with Crippen molar-refractivity contribution < 1.29 is 19.1 Å². The summed E-state index contributed by atoms with van der Waals surface area (Å²) in [5.74, 6) is -0.272. The van der Waals surface area contributed by atoms with E-state index in [1.54, 1.807) is 11.1 Å². The Bertz CT molecular complexity index is 3670. The first-order chi connectivity index (χ1) is 29.5. The normalized spacial score (nSPS) is 25.9. The van der Waals surface area contributed by atoms with Crippen molar-refractivity contribution in [3.05, 3.63) is 152 Å². The summed E-state index contributed by atoms with van der Waals surface area (Å²) in [5, 5.41) is 17.9. The van der Waals surface area contributed by atoms with Crippen LogP contribution in [0.4, 0.5) is 0 Å². The summed E-state index contributed by atoms with van der Waals surface area (Å²) < 4.78 is 10.5. The summed E-state index contributed by atoms with van der Waals surface area (Å²) in [4.78, 5) is 25.6. The van der Waals surface area contributed by atoms with E-state index in [0.29, 0.717) is 12.8 Å². The van der Waals surface area contributed by atoms with Gasteiger partial charge in [-0.3, -0.25) is 9.59 Å². The number of methoxy groups -OCH3 is 2. The summed E-state index contributed by atoms with van der Waals surface area (Å²) >= 11 is 0. The molecular weight excluding hydrogens is 737 g/mol. The molecule has 1 spiro atoms. The van der Waals surface area contributed by atoms with Crippen LogP contribution in [0.1, 0.15) is 99.7 Å². The van der Waals surface area contributed by atoms with Crippen LogP contribution < -0.4 is 0 Å². The molecule has 7 aliphatic rings. The number of allylic oxidation sites excluding steroid dienone is 3. The monoisotopic (exact) mass is 774 g/mol. The lowest BCUT2D eigenvalue weighted by molar-refractivity contribution is -0.141. The zero-order chi connectivity index (χ0) is 39.4. The maximum atomic E-state index is 12.9. The Morgan fingerprint density at radius 3 is 2.03 bits per heavy atom. The lowest BCUT2D eigenvalue weighted by Crippen LogP contribution is -2.38. The molecule has 4 atom stereocenters. The highest BCUT2D eigenvalue weighted by Gasteiger charge is 2.89.